The Morgan fingerprint density at radius 2 is 2.18 bits per heavy atom. The highest BCUT2D eigenvalue weighted by molar-refractivity contribution is 7.20. The Balaban J connectivity index is 1.53. The molecule has 0 saturated carbocycles. The fourth-order valence-corrected chi connectivity index (χ4v) is 4.19. The van der Waals surface area contributed by atoms with E-state index in [1.807, 2.05) is 24.3 Å². The van der Waals surface area contributed by atoms with E-state index in [0.717, 1.165) is 41.3 Å². The highest BCUT2D eigenvalue weighted by Crippen LogP contribution is 2.32. The third-order valence-corrected chi connectivity index (χ3v) is 5.79. The van der Waals surface area contributed by atoms with Gasteiger partial charge in [0.1, 0.15) is 5.75 Å². The van der Waals surface area contributed by atoms with E-state index in [0.29, 0.717) is 11.2 Å². The van der Waals surface area contributed by atoms with Crippen LogP contribution in [0.2, 0.25) is 0 Å². The van der Waals surface area contributed by atoms with Crippen molar-refractivity contribution in [1.29, 1.82) is 0 Å². The normalized spacial score (nSPS) is 12.9. The van der Waals surface area contributed by atoms with Gasteiger partial charge in [-0.2, -0.15) is 4.98 Å². The van der Waals surface area contributed by atoms with E-state index >= 15 is 0 Å². The molecule has 1 N–H and O–H groups in total. The number of hydrogen-bond acceptors (Lipinski definition) is 6. The molecule has 0 unspecified atom stereocenters. The quantitative estimate of drug-likeness (QED) is 0.462. The Labute approximate surface area is 168 Å². The summed E-state index contributed by atoms with van der Waals surface area (Å²) in [7, 11) is 1.75. The molecule has 1 aromatic carbocycles. The predicted octanol–water partition coefficient (Wildman–Crippen LogP) is 4.82. The number of benzene rings is 1. The number of likely N-dealkylation sites (N-methyl/N-ethyl adjacent to an activating group) is 1. The van der Waals surface area contributed by atoms with E-state index in [2.05, 4.69) is 46.0 Å². The first-order valence-electron chi connectivity index (χ1n) is 9.40. The van der Waals surface area contributed by atoms with Crippen molar-refractivity contribution in [3.05, 3.63) is 48.3 Å². The lowest BCUT2D eigenvalue weighted by Crippen LogP contribution is -2.35. The van der Waals surface area contributed by atoms with Crippen LogP contribution in [0.25, 0.3) is 21.3 Å². The second-order valence-corrected chi connectivity index (χ2v) is 7.79. The van der Waals surface area contributed by atoms with Gasteiger partial charge in [-0.15, -0.1) is 0 Å². The summed E-state index contributed by atoms with van der Waals surface area (Å²) in [6, 6.07) is 10.4. The maximum Gasteiger partial charge on any atom is 0.281 e. The van der Waals surface area contributed by atoms with Gasteiger partial charge in [-0.3, -0.25) is 4.90 Å². The Morgan fingerprint density at radius 1 is 1.29 bits per heavy atom. The molecule has 0 spiro atoms. The number of fused-ring (bicyclic) bond motifs is 2. The van der Waals surface area contributed by atoms with Crippen LogP contribution in [-0.4, -0.2) is 46.2 Å². The summed E-state index contributed by atoms with van der Waals surface area (Å²) in [6.07, 6.45) is 3.82. The third kappa shape index (κ3) is 3.87. The molecule has 0 aliphatic heterocycles. The molecule has 0 bridgehead atoms. The minimum atomic E-state index is 0.371. The number of hydrogen-bond donors (Lipinski definition) is 1. The first-order valence-corrected chi connectivity index (χ1v) is 10.2. The zero-order chi connectivity index (χ0) is 19.5. The molecular weight excluding hydrogens is 372 g/mol. The van der Waals surface area contributed by atoms with Crippen LogP contribution in [-0.2, 0) is 11.3 Å². The fraction of sp³-hybridized carbons (Fsp3) is 0.333. The Bertz CT molecular complexity index is 1040. The maximum absolute atomic E-state index is 5.97. The maximum atomic E-state index is 5.97. The van der Waals surface area contributed by atoms with Gasteiger partial charge in [0.05, 0.1) is 11.3 Å². The molecule has 0 amide bonds. The lowest BCUT2D eigenvalue weighted by molar-refractivity contribution is 0.0984. The lowest BCUT2D eigenvalue weighted by atomic mass is 10.1. The number of nitrogens with one attached hydrogen (secondary N) is 1. The highest BCUT2D eigenvalue weighted by atomic mass is 32.1. The van der Waals surface area contributed by atoms with Crippen LogP contribution in [0.1, 0.15) is 19.4 Å². The van der Waals surface area contributed by atoms with Crippen LogP contribution in [0.4, 0.5) is 0 Å². The molecule has 6 nitrogen and oxygen atoms in total. The molecule has 0 radical (unpaired) electrons. The minimum Gasteiger partial charge on any atom is -0.431 e. The van der Waals surface area contributed by atoms with Gasteiger partial charge in [-0.1, -0.05) is 18.3 Å². The molecule has 146 valence electrons. The smallest absolute Gasteiger partial charge is 0.281 e. The number of H-pyrrole nitrogens is 1. The van der Waals surface area contributed by atoms with Crippen molar-refractivity contribution in [2.75, 3.05) is 20.3 Å². The second kappa shape index (κ2) is 8.26. The molecule has 1 atom stereocenters. The predicted molar refractivity (Wildman–Crippen MR) is 113 cm³/mol. The summed E-state index contributed by atoms with van der Waals surface area (Å²) >= 11 is 1.50. The SMILES string of the molecule is CCN(Cc1c[nH]c2cc(Oc3nc4ncccc4s3)ccc12)[C@@H](C)COC. The number of nitrogens with zero attached hydrogens (tertiary/aromatic N) is 3. The van der Waals surface area contributed by atoms with Gasteiger partial charge in [-0.05, 0) is 43.3 Å². The first kappa shape index (κ1) is 18.9. The lowest BCUT2D eigenvalue weighted by Gasteiger charge is -2.27. The van der Waals surface area contributed by atoms with Gasteiger partial charge >= 0.3 is 0 Å². The van der Waals surface area contributed by atoms with Gasteiger partial charge in [0.15, 0.2) is 5.65 Å². The number of aromatic nitrogens is 3. The van der Waals surface area contributed by atoms with E-state index in [1.165, 1.54) is 22.3 Å². The summed E-state index contributed by atoms with van der Waals surface area (Å²) in [6.45, 7) is 6.96. The third-order valence-electron chi connectivity index (χ3n) is 4.90. The van der Waals surface area contributed by atoms with Crippen molar-refractivity contribution in [2.45, 2.75) is 26.4 Å². The van der Waals surface area contributed by atoms with Crippen molar-refractivity contribution in [1.82, 2.24) is 19.9 Å². The molecule has 28 heavy (non-hydrogen) atoms. The Morgan fingerprint density at radius 3 is 2.96 bits per heavy atom. The summed E-state index contributed by atoms with van der Waals surface area (Å²) in [5.41, 5.74) is 3.05. The van der Waals surface area contributed by atoms with Crippen LogP contribution in [0.3, 0.4) is 0 Å². The van der Waals surface area contributed by atoms with Gasteiger partial charge in [0.25, 0.3) is 5.19 Å². The molecule has 0 fully saturated rings. The Kier molecular flexibility index (Phi) is 5.57. The number of rotatable bonds is 8. The average Bonchev–Trinajstić information content (AvgIpc) is 3.29. The van der Waals surface area contributed by atoms with Crippen LogP contribution < -0.4 is 4.74 Å². The monoisotopic (exact) mass is 396 g/mol. The zero-order valence-electron chi connectivity index (χ0n) is 16.3. The second-order valence-electron chi connectivity index (χ2n) is 6.80. The van der Waals surface area contributed by atoms with E-state index in [1.54, 1.807) is 13.3 Å². The number of pyridine rings is 1. The molecule has 4 rings (SSSR count). The average molecular weight is 397 g/mol. The highest BCUT2D eigenvalue weighted by Gasteiger charge is 2.15. The zero-order valence-corrected chi connectivity index (χ0v) is 17.1. The summed E-state index contributed by atoms with van der Waals surface area (Å²) < 4.78 is 12.3. The molecule has 3 aromatic heterocycles. The summed E-state index contributed by atoms with van der Waals surface area (Å²) in [4.78, 5) is 14.5. The number of ether oxygens (including phenoxy) is 2. The van der Waals surface area contributed by atoms with Crippen LogP contribution in [0.5, 0.6) is 10.9 Å². The molecule has 7 heteroatoms. The fourth-order valence-electron chi connectivity index (χ4n) is 3.40. The molecule has 4 aromatic rings. The van der Waals surface area contributed by atoms with E-state index in [9.17, 15) is 0 Å². The van der Waals surface area contributed by atoms with Crippen molar-refractivity contribution in [3.8, 4) is 10.9 Å². The van der Waals surface area contributed by atoms with Crippen molar-refractivity contribution < 1.29 is 9.47 Å². The summed E-state index contributed by atoms with van der Waals surface area (Å²) in [5.74, 6) is 0.764. The van der Waals surface area contributed by atoms with Gasteiger partial charge < -0.3 is 14.5 Å². The van der Waals surface area contributed by atoms with Crippen molar-refractivity contribution >= 4 is 32.6 Å². The van der Waals surface area contributed by atoms with Gasteiger partial charge in [-0.25, -0.2) is 4.98 Å². The van der Waals surface area contributed by atoms with Crippen molar-refractivity contribution in [2.24, 2.45) is 0 Å². The number of aromatic amines is 1. The number of thiazole rings is 1. The van der Waals surface area contributed by atoms with E-state index < -0.39 is 0 Å². The Hall–Kier alpha value is -2.48. The van der Waals surface area contributed by atoms with Gasteiger partial charge in [0.2, 0.25) is 0 Å². The topological polar surface area (TPSA) is 63.3 Å². The van der Waals surface area contributed by atoms with E-state index in [-0.39, 0.29) is 0 Å². The molecule has 0 aliphatic carbocycles. The molecule has 0 saturated heterocycles. The summed E-state index contributed by atoms with van der Waals surface area (Å²) in [5, 5.41) is 1.81. The molecule has 3 heterocycles. The molecular formula is C21H24N4O2S. The standard InChI is InChI=1S/C21H24N4O2S/c1-4-25(14(2)13-26-3)12-15-11-23-18-10-16(7-8-17(15)18)27-21-24-20-19(28-21)6-5-9-22-20/h5-11,14,23H,4,12-13H2,1-3H3/t14-/m0/s1. The minimum absolute atomic E-state index is 0.371. The van der Waals surface area contributed by atoms with E-state index in [4.69, 9.17) is 9.47 Å². The number of methoxy groups -OCH3 is 1. The first-order chi connectivity index (χ1) is 13.7. The van der Waals surface area contributed by atoms with Gasteiger partial charge in [0, 0.05) is 49.1 Å². The largest absolute Gasteiger partial charge is 0.431 e. The molecule has 0 aliphatic rings. The van der Waals surface area contributed by atoms with Crippen LogP contribution in [0.15, 0.2) is 42.7 Å². The van der Waals surface area contributed by atoms with Crippen LogP contribution in [0, 0.1) is 0 Å². The van der Waals surface area contributed by atoms with Crippen LogP contribution >= 0.6 is 11.3 Å². The van der Waals surface area contributed by atoms with Crippen molar-refractivity contribution in [3.63, 3.8) is 0 Å².